The Balaban J connectivity index is 1.82. The number of nitrogens with one attached hydrogen (secondary N) is 1. The second kappa shape index (κ2) is 10.5. The van der Waals surface area contributed by atoms with Crippen molar-refractivity contribution < 1.29 is 14.3 Å². The minimum Gasteiger partial charge on any atom is -0.493 e. The van der Waals surface area contributed by atoms with E-state index in [0.29, 0.717) is 33.8 Å². The summed E-state index contributed by atoms with van der Waals surface area (Å²) in [4.78, 5) is 12.5. The Morgan fingerprint density at radius 2 is 1.90 bits per heavy atom. The van der Waals surface area contributed by atoms with E-state index in [2.05, 4.69) is 27.3 Å². The predicted molar refractivity (Wildman–Crippen MR) is 125 cm³/mol. The van der Waals surface area contributed by atoms with E-state index in [1.54, 1.807) is 31.4 Å². The molecule has 31 heavy (non-hydrogen) atoms. The van der Waals surface area contributed by atoms with Crippen molar-refractivity contribution in [3.05, 3.63) is 93.5 Å². The number of hydrogen-bond donors (Lipinski definition) is 1. The second-order valence-corrected chi connectivity index (χ2v) is 7.66. The average molecular weight is 477 g/mol. The van der Waals surface area contributed by atoms with Gasteiger partial charge in [-0.15, -0.1) is 0 Å². The number of halogens is 1. The monoisotopic (exact) mass is 476 g/mol. The Kier molecular flexibility index (Phi) is 7.47. The summed E-state index contributed by atoms with van der Waals surface area (Å²) in [7, 11) is 1.54. The van der Waals surface area contributed by atoms with E-state index in [0.717, 1.165) is 11.1 Å². The number of anilines is 1. The summed E-state index contributed by atoms with van der Waals surface area (Å²) >= 11 is 3.51. The molecule has 0 spiro atoms. The van der Waals surface area contributed by atoms with E-state index in [1.807, 2.05) is 49.4 Å². The average Bonchev–Trinajstić information content (AvgIpc) is 2.77. The molecule has 156 valence electrons. The molecule has 0 saturated carbocycles. The first-order chi connectivity index (χ1) is 15.0. The zero-order valence-corrected chi connectivity index (χ0v) is 18.8. The molecule has 0 bridgehead atoms. The maximum Gasteiger partial charge on any atom is 0.266 e. The molecule has 0 aromatic heterocycles. The van der Waals surface area contributed by atoms with Gasteiger partial charge in [0.2, 0.25) is 0 Å². The normalized spacial score (nSPS) is 10.8. The molecule has 3 rings (SSSR count). The lowest BCUT2D eigenvalue weighted by molar-refractivity contribution is -0.112. The van der Waals surface area contributed by atoms with Gasteiger partial charge in [-0.3, -0.25) is 4.79 Å². The summed E-state index contributed by atoms with van der Waals surface area (Å²) in [5.41, 5.74) is 3.43. The van der Waals surface area contributed by atoms with Gasteiger partial charge in [-0.1, -0.05) is 48.0 Å². The fourth-order valence-corrected chi connectivity index (χ4v) is 3.53. The molecular formula is C25H21BrN2O3. The first-order valence-electron chi connectivity index (χ1n) is 9.54. The van der Waals surface area contributed by atoms with Gasteiger partial charge in [0.05, 0.1) is 11.6 Å². The van der Waals surface area contributed by atoms with Crippen LogP contribution in [0, 0.1) is 18.3 Å². The number of methoxy groups -OCH3 is 1. The molecule has 6 heteroatoms. The highest BCUT2D eigenvalue weighted by Crippen LogP contribution is 2.37. The van der Waals surface area contributed by atoms with Gasteiger partial charge in [0.1, 0.15) is 18.2 Å². The van der Waals surface area contributed by atoms with Crippen molar-refractivity contribution >= 4 is 33.6 Å². The first kappa shape index (κ1) is 22.1. The van der Waals surface area contributed by atoms with Gasteiger partial charge in [-0.2, -0.15) is 5.26 Å². The SMILES string of the molecule is COc1cc(/C=C(/C#N)C(=O)Nc2ccccc2)cc(Br)c1OCc1cccc(C)c1. The van der Waals surface area contributed by atoms with Crippen molar-refractivity contribution in [3.63, 3.8) is 0 Å². The second-order valence-electron chi connectivity index (χ2n) is 6.80. The lowest BCUT2D eigenvalue weighted by Gasteiger charge is -2.14. The van der Waals surface area contributed by atoms with E-state index in [-0.39, 0.29) is 5.57 Å². The quantitative estimate of drug-likeness (QED) is 0.340. The molecule has 0 atom stereocenters. The molecular weight excluding hydrogens is 456 g/mol. The van der Waals surface area contributed by atoms with Crippen LogP contribution in [0.5, 0.6) is 11.5 Å². The van der Waals surface area contributed by atoms with Gasteiger partial charge in [-0.25, -0.2) is 0 Å². The molecule has 3 aromatic rings. The summed E-state index contributed by atoms with van der Waals surface area (Å²) in [5.74, 6) is 0.561. The van der Waals surface area contributed by atoms with E-state index in [1.165, 1.54) is 6.08 Å². The molecule has 5 nitrogen and oxygen atoms in total. The first-order valence-corrected chi connectivity index (χ1v) is 10.3. The van der Waals surface area contributed by atoms with E-state index in [9.17, 15) is 10.1 Å². The summed E-state index contributed by atoms with van der Waals surface area (Å²) in [6.45, 7) is 2.41. The maximum absolute atomic E-state index is 12.5. The molecule has 0 unspecified atom stereocenters. The van der Waals surface area contributed by atoms with Gasteiger partial charge >= 0.3 is 0 Å². The number of para-hydroxylation sites is 1. The lowest BCUT2D eigenvalue weighted by Crippen LogP contribution is -2.13. The highest BCUT2D eigenvalue weighted by molar-refractivity contribution is 9.10. The number of nitriles is 1. The van der Waals surface area contributed by atoms with Crippen molar-refractivity contribution in [2.75, 3.05) is 12.4 Å². The smallest absolute Gasteiger partial charge is 0.266 e. The fourth-order valence-electron chi connectivity index (χ4n) is 2.96. The third kappa shape index (κ3) is 5.97. The van der Waals surface area contributed by atoms with Gasteiger partial charge in [0.25, 0.3) is 5.91 Å². The number of carbonyl (C=O) groups is 1. The van der Waals surface area contributed by atoms with Crippen LogP contribution in [0.1, 0.15) is 16.7 Å². The Morgan fingerprint density at radius 1 is 1.13 bits per heavy atom. The zero-order chi connectivity index (χ0) is 22.2. The van der Waals surface area contributed by atoms with Crippen molar-refractivity contribution in [2.24, 2.45) is 0 Å². The summed E-state index contributed by atoms with van der Waals surface area (Å²) < 4.78 is 12.1. The van der Waals surface area contributed by atoms with Crippen molar-refractivity contribution in [2.45, 2.75) is 13.5 Å². The Bertz CT molecular complexity index is 1150. The molecule has 1 amide bonds. The highest BCUT2D eigenvalue weighted by Gasteiger charge is 2.14. The van der Waals surface area contributed by atoms with Gasteiger partial charge in [0, 0.05) is 5.69 Å². The molecule has 0 fully saturated rings. The van der Waals surface area contributed by atoms with Gasteiger partial charge in [-0.05, 0) is 64.3 Å². The maximum atomic E-state index is 12.5. The number of carbonyl (C=O) groups excluding carboxylic acids is 1. The van der Waals surface area contributed by atoms with Crippen molar-refractivity contribution in [1.29, 1.82) is 5.26 Å². The Morgan fingerprint density at radius 3 is 2.58 bits per heavy atom. The van der Waals surface area contributed by atoms with Crippen LogP contribution in [-0.4, -0.2) is 13.0 Å². The number of ether oxygens (including phenoxy) is 2. The van der Waals surface area contributed by atoms with Gasteiger partial charge in [0.15, 0.2) is 11.5 Å². The van der Waals surface area contributed by atoms with E-state index >= 15 is 0 Å². The van der Waals surface area contributed by atoms with Crippen molar-refractivity contribution in [3.8, 4) is 17.6 Å². The number of rotatable bonds is 7. The molecule has 0 saturated heterocycles. The standard InChI is InChI=1S/C25H21BrN2O3/c1-17-7-6-8-18(11-17)16-31-24-22(26)13-19(14-23(24)30-2)12-20(15-27)25(29)28-21-9-4-3-5-10-21/h3-14H,16H2,1-2H3,(H,28,29)/b20-12-. The Labute approximate surface area is 190 Å². The lowest BCUT2D eigenvalue weighted by atomic mass is 10.1. The number of hydrogen-bond acceptors (Lipinski definition) is 4. The van der Waals surface area contributed by atoms with Crippen LogP contribution in [0.15, 0.2) is 76.8 Å². The molecule has 0 aliphatic heterocycles. The van der Waals surface area contributed by atoms with Crippen molar-refractivity contribution in [1.82, 2.24) is 0 Å². The molecule has 0 aliphatic carbocycles. The minimum atomic E-state index is -0.483. The fraction of sp³-hybridized carbons (Fsp3) is 0.120. The number of benzene rings is 3. The molecule has 3 aromatic carbocycles. The molecule has 1 N–H and O–H groups in total. The Hall–Kier alpha value is -3.56. The number of amides is 1. The van der Waals surface area contributed by atoms with Crippen LogP contribution in [0.4, 0.5) is 5.69 Å². The molecule has 0 radical (unpaired) electrons. The van der Waals surface area contributed by atoms with E-state index in [4.69, 9.17) is 9.47 Å². The zero-order valence-electron chi connectivity index (χ0n) is 17.2. The number of aryl methyl sites for hydroxylation is 1. The third-order valence-corrected chi connectivity index (χ3v) is 5.01. The number of nitrogens with zero attached hydrogens (tertiary/aromatic N) is 1. The third-order valence-electron chi connectivity index (χ3n) is 4.43. The van der Waals surface area contributed by atoms with Crippen LogP contribution in [0.3, 0.4) is 0 Å². The summed E-state index contributed by atoms with van der Waals surface area (Å²) in [5, 5.41) is 12.2. The summed E-state index contributed by atoms with van der Waals surface area (Å²) in [6, 6.07) is 22.5. The minimum absolute atomic E-state index is 0.0220. The van der Waals surface area contributed by atoms with E-state index < -0.39 is 5.91 Å². The highest BCUT2D eigenvalue weighted by atomic mass is 79.9. The van der Waals surface area contributed by atoms with Crippen LogP contribution in [0.2, 0.25) is 0 Å². The largest absolute Gasteiger partial charge is 0.493 e. The summed E-state index contributed by atoms with van der Waals surface area (Å²) in [6.07, 6.45) is 1.51. The molecule has 0 heterocycles. The van der Waals surface area contributed by atoms with Crippen LogP contribution in [-0.2, 0) is 11.4 Å². The topological polar surface area (TPSA) is 71.3 Å². The van der Waals surface area contributed by atoms with Gasteiger partial charge < -0.3 is 14.8 Å². The molecule has 0 aliphatic rings. The van der Waals surface area contributed by atoms with Crippen LogP contribution >= 0.6 is 15.9 Å². The van der Waals surface area contributed by atoms with Crippen LogP contribution in [0.25, 0.3) is 6.08 Å². The predicted octanol–water partition coefficient (Wildman–Crippen LogP) is 5.89. The van der Waals surface area contributed by atoms with Crippen LogP contribution < -0.4 is 14.8 Å².